The van der Waals surface area contributed by atoms with Gasteiger partial charge in [-0.15, -0.1) is 0 Å². The molecule has 0 heterocycles. The van der Waals surface area contributed by atoms with Crippen LogP contribution in [-0.2, 0) is 19.1 Å². The zero-order valence-corrected chi connectivity index (χ0v) is 10.0. The van der Waals surface area contributed by atoms with Crippen LogP contribution < -0.4 is 0 Å². The molecule has 0 saturated heterocycles. The number of rotatable bonds is 8. The molecule has 0 spiro atoms. The minimum absolute atomic E-state index is 0.301. The van der Waals surface area contributed by atoms with Gasteiger partial charge in [0.25, 0.3) is 0 Å². The Bertz CT molecular complexity index is 233. The molecule has 0 bridgehead atoms. The topological polar surface area (TPSA) is 52.6 Å². The molecule has 16 heavy (non-hydrogen) atoms. The molecule has 0 aromatic rings. The van der Waals surface area contributed by atoms with Crippen LogP contribution in [0.15, 0.2) is 12.2 Å². The Balaban J connectivity index is 3.54. The third kappa shape index (κ3) is 9.24. The van der Waals surface area contributed by atoms with Crippen molar-refractivity contribution in [3.63, 3.8) is 0 Å². The summed E-state index contributed by atoms with van der Waals surface area (Å²) >= 11 is 0. The molecule has 0 atom stereocenters. The fraction of sp³-hybridized carbons (Fsp3) is 0.667. The van der Waals surface area contributed by atoms with Crippen molar-refractivity contribution in [1.29, 1.82) is 0 Å². The minimum atomic E-state index is -0.523. The first kappa shape index (κ1) is 14.7. The van der Waals surface area contributed by atoms with E-state index in [0.717, 1.165) is 37.8 Å². The SMILES string of the molecule is CCCCCCOC(=O)/C=C\C(=O)OCC. The predicted octanol–water partition coefficient (Wildman–Crippen LogP) is 2.23. The van der Waals surface area contributed by atoms with Crippen LogP contribution in [0.5, 0.6) is 0 Å². The molecule has 0 aromatic carbocycles. The highest BCUT2D eigenvalue weighted by Gasteiger charge is 1.99. The van der Waals surface area contributed by atoms with Crippen molar-refractivity contribution in [2.75, 3.05) is 13.2 Å². The molecule has 0 aliphatic carbocycles. The summed E-state index contributed by atoms with van der Waals surface area (Å²) in [7, 11) is 0. The van der Waals surface area contributed by atoms with Crippen molar-refractivity contribution in [3.05, 3.63) is 12.2 Å². The first-order chi connectivity index (χ1) is 7.70. The average molecular weight is 228 g/mol. The van der Waals surface area contributed by atoms with Crippen molar-refractivity contribution in [3.8, 4) is 0 Å². The summed E-state index contributed by atoms with van der Waals surface area (Å²) in [6, 6.07) is 0. The lowest BCUT2D eigenvalue weighted by Gasteiger charge is -2.00. The fourth-order valence-corrected chi connectivity index (χ4v) is 1.08. The van der Waals surface area contributed by atoms with Crippen molar-refractivity contribution in [2.24, 2.45) is 0 Å². The largest absolute Gasteiger partial charge is 0.463 e. The Morgan fingerprint density at radius 1 is 0.938 bits per heavy atom. The van der Waals surface area contributed by atoms with Crippen LogP contribution >= 0.6 is 0 Å². The third-order valence-electron chi connectivity index (χ3n) is 1.88. The Morgan fingerprint density at radius 2 is 1.56 bits per heavy atom. The zero-order chi connectivity index (χ0) is 12.2. The quantitative estimate of drug-likeness (QED) is 0.363. The lowest BCUT2D eigenvalue weighted by Crippen LogP contribution is -2.05. The normalized spacial score (nSPS) is 10.4. The van der Waals surface area contributed by atoms with Crippen molar-refractivity contribution >= 4 is 11.9 Å². The van der Waals surface area contributed by atoms with E-state index in [1.54, 1.807) is 6.92 Å². The first-order valence-corrected chi connectivity index (χ1v) is 5.72. The van der Waals surface area contributed by atoms with E-state index >= 15 is 0 Å². The molecule has 0 aliphatic rings. The van der Waals surface area contributed by atoms with E-state index in [4.69, 9.17) is 4.74 Å². The van der Waals surface area contributed by atoms with Gasteiger partial charge < -0.3 is 9.47 Å². The molecule has 0 amide bonds. The van der Waals surface area contributed by atoms with Gasteiger partial charge in [-0.05, 0) is 13.3 Å². The second-order valence-electron chi connectivity index (χ2n) is 3.31. The highest BCUT2D eigenvalue weighted by molar-refractivity contribution is 5.91. The molecule has 0 aromatic heterocycles. The van der Waals surface area contributed by atoms with Crippen LogP contribution in [-0.4, -0.2) is 25.2 Å². The Labute approximate surface area is 96.6 Å². The number of hydrogen-bond donors (Lipinski definition) is 0. The molecule has 4 nitrogen and oxygen atoms in total. The maximum atomic E-state index is 11.1. The molecular weight excluding hydrogens is 208 g/mol. The van der Waals surface area contributed by atoms with E-state index in [1.165, 1.54) is 0 Å². The van der Waals surface area contributed by atoms with Gasteiger partial charge in [-0.3, -0.25) is 0 Å². The fourth-order valence-electron chi connectivity index (χ4n) is 1.08. The van der Waals surface area contributed by atoms with E-state index in [9.17, 15) is 9.59 Å². The van der Waals surface area contributed by atoms with Crippen LogP contribution in [0, 0.1) is 0 Å². The van der Waals surface area contributed by atoms with E-state index in [-0.39, 0.29) is 0 Å². The third-order valence-corrected chi connectivity index (χ3v) is 1.88. The number of unbranched alkanes of at least 4 members (excludes halogenated alkanes) is 3. The van der Waals surface area contributed by atoms with Gasteiger partial charge >= 0.3 is 11.9 Å². The Morgan fingerprint density at radius 3 is 2.12 bits per heavy atom. The van der Waals surface area contributed by atoms with Crippen LogP contribution in [0.2, 0.25) is 0 Å². The number of carbonyl (C=O) groups excluding carboxylic acids is 2. The number of esters is 2. The van der Waals surface area contributed by atoms with Crippen LogP contribution in [0.25, 0.3) is 0 Å². The smallest absolute Gasteiger partial charge is 0.331 e. The van der Waals surface area contributed by atoms with Crippen LogP contribution in [0.3, 0.4) is 0 Å². The Hall–Kier alpha value is -1.32. The van der Waals surface area contributed by atoms with E-state index < -0.39 is 11.9 Å². The van der Waals surface area contributed by atoms with Crippen molar-refractivity contribution in [1.82, 2.24) is 0 Å². The lowest BCUT2D eigenvalue weighted by molar-refractivity contribution is -0.140. The van der Waals surface area contributed by atoms with Crippen molar-refractivity contribution in [2.45, 2.75) is 39.5 Å². The molecular formula is C12H20O4. The molecule has 0 rings (SSSR count). The van der Waals surface area contributed by atoms with Gasteiger partial charge in [-0.1, -0.05) is 26.2 Å². The second-order valence-corrected chi connectivity index (χ2v) is 3.31. The summed E-state index contributed by atoms with van der Waals surface area (Å²) in [5.74, 6) is -1.02. The lowest BCUT2D eigenvalue weighted by atomic mass is 10.2. The van der Waals surface area contributed by atoms with Gasteiger partial charge in [-0.2, -0.15) is 0 Å². The van der Waals surface area contributed by atoms with Gasteiger partial charge in [0.2, 0.25) is 0 Å². The molecule has 92 valence electrons. The highest BCUT2D eigenvalue weighted by Crippen LogP contribution is 1.99. The van der Waals surface area contributed by atoms with E-state index in [1.807, 2.05) is 0 Å². The standard InChI is InChI=1S/C12H20O4/c1-3-5-6-7-10-16-12(14)9-8-11(13)15-4-2/h8-9H,3-7,10H2,1-2H3/b9-8-. The van der Waals surface area contributed by atoms with Gasteiger partial charge in [0, 0.05) is 12.2 Å². The summed E-state index contributed by atoms with van der Waals surface area (Å²) in [6.45, 7) is 4.53. The summed E-state index contributed by atoms with van der Waals surface area (Å²) in [4.78, 5) is 21.9. The summed E-state index contributed by atoms with van der Waals surface area (Å²) in [5, 5.41) is 0. The Kier molecular flexibility index (Phi) is 9.36. The molecule has 0 fully saturated rings. The predicted molar refractivity (Wildman–Crippen MR) is 60.9 cm³/mol. The molecule has 0 radical (unpaired) electrons. The number of ether oxygens (including phenoxy) is 2. The maximum absolute atomic E-state index is 11.1. The van der Waals surface area contributed by atoms with Crippen LogP contribution in [0.4, 0.5) is 0 Å². The first-order valence-electron chi connectivity index (χ1n) is 5.72. The minimum Gasteiger partial charge on any atom is -0.463 e. The van der Waals surface area contributed by atoms with Crippen molar-refractivity contribution < 1.29 is 19.1 Å². The maximum Gasteiger partial charge on any atom is 0.331 e. The van der Waals surface area contributed by atoms with Gasteiger partial charge in [0.1, 0.15) is 0 Å². The average Bonchev–Trinajstić information content (AvgIpc) is 2.26. The number of hydrogen-bond acceptors (Lipinski definition) is 4. The monoisotopic (exact) mass is 228 g/mol. The second kappa shape index (κ2) is 10.2. The zero-order valence-electron chi connectivity index (χ0n) is 10.0. The van der Waals surface area contributed by atoms with Gasteiger partial charge in [-0.25, -0.2) is 9.59 Å². The molecule has 4 heteroatoms. The van der Waals surface area contributed by atoms with E-state index in [0.29, 0.717) is 13.2 Å². The highest BCUT2D eigenvalue weighted by atomic mass is 16.5. The van der Waals surface area contributed by atoms with Crippen LogP contribution in [0.1, 0.15) is 39.5 Å². The van der Waals surface area contributed by atoms with Gasteiger partial charge in [0.05, 0.1) is 13.2 Å². The molecule has 0 N–H and O–H groups in total. The summed E-state index contributed by atoms with van der Waals surface area (Å²) in [6.07, 6.45) is 6.40. The number of carbonyl (C=O) groups is 2. The summed E-state index contributed by atoms with van der Waals surface area (Å²) in [5.41, 5.74) is 0. The van der Waals surface area contributed by atoms with Gasteiger partial charge in [0.15, 0.2) is 0 Å². The molecule has 0 unspecified atom stereocenters. The van der Waals surface area contributed by atoms with E-state index in [2.05, 4.69) is 11.7 Å². The molecule has 0 saturated carbocycles. The molecule has 0 aliphatic heterocycles. The summed E-state index contributed by atoms with van der Waals surface area (Å²) < 4.78 is 9.50.